The van der Waals surface area contributed by atoms with E-state index < -0.39 is 9.84 Å². The van der Waals surface area contributed by atoms with E-state index in [0.29, 0.717) is 17.2 Å². The van der Waals surface area contributed by atoms with Crippen molar-refractivity contribution in [2.75, 3.05) is 18.6 Å². The molecule has 0 spiro atoms. The maximum Gasteiger partial charge on any atom is 0.147 e. The first-order valence-corrected chi connectivity index (χ1v) is 8.82. The molecule has 0 heterocycles. The highest BCUT2D eigenvalue weighted by atomic mass is 32.2. The second kappa shape index (κ2) is 6.19. The van der Waals surface area contributed by atoms with Crippen LogP contribution in [0.5, 0.6) is 0 Å². The second-order valence-electron chi connectivity index (χ2n) is 5.94. The molecule has 1 aliphatic rings. The van der Waals surface area contributed by atoms with Gasteiger partial charge in [0.2, 0.25) is 0 Å². The summed E-state index contributed by atoms with van der Waals surface area (Å²) in [5, 5.41) is 3.57. The van der Waals surface area contributed by atoms with Crippen molar-refractivity contribution in [3.8, 4) is 0 Å². The molecule has 0 aromatic carbocycles. The molecule has 17 heavy (non-hydrogen) atoms. The minimum atomic E-state index is -2.79. The van der Waals surface area contributed by atoms with Crippen molar-refractivity contribution in [3.63, 3.8) is 0 Å². The summed E-state index contributed by atoms with van der Waals surface area (Å²) >= 11 is 0. The molecule has 1 N–H and O–H groups in total. The van der Waals surface area contributed by atoms with Gasteiger partial charge in [-0.3, -0.25) is 0 Å². The van der Waals surface area contributed by atoms with E-state index in [1.807, 2.05) is 0 Å². The van der Waals surface area contributed by atoms with Gasteiger partial charge in [0, 0.05) is 18.1 Å². The highest BCUT2D eigenvalue weighted by molar-refractivity contribution is 7.90. The van der Waals surface area contributed by atoms with Crippen molar-refractivity contribution >= 4 is 9.84 Å². The van der Waals surface area contributed by atoms with Gasteiger partial charge in [-0.1, -0.05) is 13.8 Å². The topological polar surface area (TPSA) is 46.2 Å². The molecule has 102 valence electrons. The van der Waals surface area contributed by atoms with E-state index in [1.165, 1.54) is 31.9 Å². The lowest BCUT2D eigenvalue weighted by molar-refractivity contribution is 0.295. The van der Waals surface area contributed by atoms with Crippen LogP contribution in [0.3, 0.4) is 0 Å². The van der Waals surface area contributed by atoms with Gasteiger partial charge in [-0.05, 0) is 50.5 Å². The van der Waals surface area contributed by atoms with Crippen molar-refractivity contribution in [3.05, 3.63) is 0 Å². The van der Waals surface area contributed by atoms with Gasteiger partial charge in [-0.25, -0.2) is 8.42 Å². The minimum Gasteiger partial charge on any atom is -0.314 e. The minimum absolute atomic E-state index is 0.343. The third-order valence-corrected chi connectivity index (χ3v) is 4.84. The molecule has 0 amide bonds. The van der Waals surface area contributed by atoms with Crippen molar-refractivity contribution in [1.29, 1.82) is 0 Å². The summed E-state index contributed by atoms with van der Waals surface area (Å²) in [6.45, 7) is 5.60. The van der Waals surface area contributed by atoms with Crippen LogP contribution in [0.4, 0.5) is 0 Å². The number of hydrogen-bond donors (Lipinski definition) is 1. The largest absolute Gasteiger partial charge is 0.314 e. The predicted octanol–water partition coefficient (Wildman–Crippen LogP) is 2.37. The monoisotopic (exact) mass is 261 g/mol. The number of nitrogens with one attached hydrogen (secondary N) is 1. The molecule has 2 atom stereocenters. The number of rotatable bonds is 7. The normalized spacial score (nSPS) is 29.7. The lowest BCUT2D eigenvalue weighted by atomic mass is 9.84. The van der Waals surface area contributed by atoms with Crippen molar-refractivity contribution in [2.24, 2.45) is 5.41 Å². The summed E-state index contributed by atoms with van der Waals surface area (Å²) in [4.78, 5) is 0. The van der Waals surface area contributed by atoms with E-state index in [1.54, 1.807) is 0 Å². The third-order valence-electron chi connectivity index (χ3n) is 3.81. The molecular formula is C13H27NO2S. The molecule has 0 bridgehead atoms. The van der Waals surface area contributed by atoms with Gasteiger partial charge in [0.25, 0.3) is 0 Å². The average Bonchev–Trinajstić information content (AvgIpc) is 2.55. The molecule has 2 unspecified atom stereocenters. The highest BCUT2D eigenvalue weighted by Crippen LogP contribution is 2.41. The maximum atomic E-state index is 11.1. The molecule has 1 aliphatic carbocycles. The molecule has 1 fully saturated rings. The van der Waals surface area contributed by atoms with Gasteiger partial charge < -0.3 is 5.32 Å². The molecule has 0 radical (unpaired) electrons. The first kappa shape index (κ1) is 15.0. The van der Waals surface area contributed by atoms with Gasteiger partial charge in [0.05, 0.1) is 0 Å². The Morgan fingerprint density at radius 1 is 1.41 bits per heavy atom. The lowest BCUT2D eigenvalue weighted by Crippen LogP contribution is -2.28. The molecule has 0 saturated heterocycles. The summed E-state index contributed by atoms with van der Waals surface area (Å²) in [5.74, 6) is 0.343. The Bertz CT molecular complexity index is 326. The smallest absolute Gasteiger partial charge is 0.147 e. The van der Waals surface area contributed by atoms with Crippen LogP contribution in [0, 0.1) is 5.41 Å². The summed E-state index contributed by atoms with van der Waals surface area (Å²) in [5.41, 5.74) is 0.357. The zero-order chi connectivity index (χ0) is 12.9. The van der Waals surface area contributed by atoms with Crippen LogP contribution in [0.2, 0.25) is 0 Å². The third kappa shape index (κ3) is 5.87. The van der Waals surface area contributed by atoms with Gasteiger partial charge in [-0.15, -0.1) is 0 Å². The van der Waals surface area contributed by atoms with Crippen LogP contribution in [-0.4, -0.2) is 33.0 Å². The van der Waals surface area contributed by atoms with Crippen LogP contribution in [0.25, 0.3) is 0 Å². The molecule has 0 aliphatic heterocycles. The second-order valence-corrected chi connectivity index (χ2v) is 8.20. The molecule has 1 saturated carbocycles. The Hall–Kier alpha value is -0.0900. The Balaban J connectivity index is 2.29. The lowest BCUT2D eigenvalue weighted by Gasteiger charge is -2.24. The van der Waals surface area contributed by atoms with Crippen LogP contribution >= 0.6 is 0 Å². The van der Waals surface area contributed by atoms with Crippen LogP contribution in [0.1, 0.15) is 52.4 Å². The Morgan fingerprint density at radius 2 is 2.12 bits per heavy atom. The van der Waals surface area contributed by atoms with Gasteiger partial charge in [0.1, 0.15) is 9.84 Å². The summed E-state index contributed by atoms with van der Waals surface area (Å²) < 4.78 is 22.2. The van der Waals surface area contributed by atoms with E-state index in [2.05, 4.69) is 19.2 Å². The number of hydrogen-bond acceptors (Lipinski definition) is 3. The van der Waals surface area contributed by atoms with E-state index in [4.69, 9.17) is 0 Å². The van der Waals surface area contributed by atoms with Crippen LogP contribution in [0.15, 0.2) is 0 Å². The summed E-state index contributed by atoms with van der Waals surface area (Å²) in [6, 6.07) is 0.651. The fourth-order valence-corrected chi connectivity index (χ4v) is 3.50. The van der Waals surface area contributed by atoms with E-state index in [-0.39, 0.29) is 0 Å². The van der Waals surface area contributed by atoms with Gasteiger partial charge in [0.15, 0.2) is 0 Å². The molecule has 3 nitrogen and oxygen atoms in total. The van der Waals surface area contributed by atoms with E-state index in [0.717, 1.165) is 19.4 Å². The zero-order valence-corrected chi connectivity index (χ0v) is 12.3. The molecular weight excluding hydrogens is 234 g/mol. The van der Waals surface area contributed by atoms with Crippen LogP contribution in [-0.2, 0) is 9.84 Å². The number of sulfone groups is 1. The Kier molecular flexibility index (Phi) is 5.45. The zero-order valence-electron chi connectivity index (χ0n) is 11.5. The van der Waals surface area contributed by atoms with Crippen molar-refractivity contribution in [1.82, 2.24) is 5.32 Å². The first-order chi connectivity index (χ1) is 7.85. The standard InChI is InChI=1S/C13H27NO2S/c1-4-9-14-12-6-8-13(2,11-12)7-5-10-17(3,15)16/h12,14H,4-11H2,1-3H3. The fraction of sp³-hybridized carbons (Fsp3) is 1.00. The Labute approximate surface area is 106 Å². The summed E-state index contributed by atoms with van der Waals surface area (Å²) in [7, 11) is -2.79. The van der Waals surface area contributed by atoms with Gasteiger partial charge in [-0.2, -0.15) is 0 Å². The SMILES string of the molecule is CCCNC1CCC(C)(CCCS(C)(=O)=O)C1. The average molecular weight is 261 g/mol. The Morgan fingerprint density at radius 3 is 2.71 bits per heavy atom. The maximum absolute atomic E-state index is 11.1. The fourth-order valence-electron chi connectivity index (χ4n) is 2.83. The van der Waals surface area contributed by atoms with E-state index >= 15 is 0 Å². The quantitative estimate of drug-likeness (QED) is 0.765. The summed E-state index contributed by atoms with van der Waals surface area (Å²) in [6.07, 6.45) is 8.06. The van der Waals surface area contributed by atoms with E-state index in [9.17, 15) is 8.42 Å². The molecule has 0 aromatic heterocycles. The molecule has 4 heteroatoms. The predicted molar refractivity (Wildman–Crippen MR) is 73.0 cm³/mol. The highest BCUT2D eigenvalue weighted by Gasteiger charge is 2.34. The van der Waals surface area contributed by atoms with Crippen molar-refractivity contribution in [2.45, 2.75) is 58.4 Å². The first-order valence-electron chi connectivity index (χ1n) is 6.76. The van der Waals surface area contributed by atoms with Gasteiger partial charge >= 0.3 is 0 Å². The van der Waals surface area contributed by atoms with Crippen molar-refractivity contribution < 1.29 is 8.42 Å². The molecule has 1 rings (SSSR count). The van der Waals surface area contributed by atoms with Crippen LogP contribution < -0.4 is 5.32 Å². The molecule has 0 aromatic rings.